The third-order valence-corrected chi connectivity index (χ3v) is 4.15. The number of hydrogen-bond acceptors (Lipinski definition) is 1. The molecule has 3 nitrogen and oxygen atoms in total. The van der Waals surface area contributed by atoms with Gasteiger partial charge in [0.25, 0.3) is 0 Å². The van der Waals surface area contributed by atoms with Crippen LogP contribution in [0.1, 0.15) is 0 Å². The van der Waals surface area contributed by atoms with Gasteiger partial charge in [-0.25, -0.2) is 4.98 Å². The largest absolute Gasteiger partial charge is 0.353 e. The van der Waals surface area contributed by atoms with Crippen LogP contribution in [-0.4, -0.2) is 14.4 Å². The van der Waals surface area contributed by atoms with E-state index in [2.05, 4.69) is 64.2 Å². The average Bonchev–Trinajstić information content (AvgIpc) is 3.14. The second kappa shape index (κ2) is 4.21. The fourth-order valence-corrected chi connectivity index (χ4v) is 3.08. The number of rotatable bonds is 1. The van der Waals surface area contributed by atoms with Gasteiger partial charge in [0.2, 0.25) is 0 Å². The molecule has 1 N–H and O–H groups in total. The summed E-state index contributed by atoms with van der Waals surface area (Å²) < 4.78 is 2.08. The molecule has 0 aliphatic carbocycles. The van der Waals surface area contributed by atoms with Gasteiger partial charge in [0.1, 0.15) is 5.65 Å². The molecule has 5 aromatic rings. The zero-order valence-corrected chi connectivity index (χ0v) is 11.8. The number of nitrogens with one attached hydrogen (secondary N) is 1. The summed E-state index contributed by atoms with van der Waals surface area (Å²) in [5, 5.41) is 2.46. The van der Waals surface area contributed by atoms with Crippen LogP contribution in [0, 0.1) is 0 Å². The molecule has 2 aromatic carbocycles. The topological polar surface area (TPSA) is 33.1 Å². The Balaban J connectivity index is 1.81. The van der Waals surface area contributed by atoms with E-state index in [-0.39, 0.29) is 0 Å². The number of nitrogens with zero attached hydrogens (tertiary/aromatic N) is 2. The molecule has 0 amide bonds. The lowest BCUT2D eigenvalue weighted by Crippen LogP contribution is -1.81. The Morgan fingerprint density at radius 2 is 1.59 bits per heavy atom. The van der Waals surface area contributed by atoms with Gasteiger partial charge in [0.15, 0.2) is 0 Å². The minimum atomic E-state index is 0.969. The number of pyridine rings is 1. The molecule has 0 saturated heterocycles. The Morgan fingerprint density at radius 1 is 0.773 bits per heavy atom. The summed E-state index contributed by atoms with van der Waals surface area (Å²) in [5.41, 5.74) is 5.40. The number of aromatic nitrogens is 3. The number of hydrogen-bond donors (Lipinski definition) is 1. The molecule has 0 unspecified atom stereocenters. The predicted molar refractivity (Wildman–Crippen MR) is 90.0 cm³/mol. The summed E-state index contributed by atoms with van der Waals surface area (Å²) in [6, 6.07) is 20.8. The van der Waals surface area contributed by atoms with Gasteiger partial charge >= 0.3 is 0 Å². The SMILES string of the molecule is c1ccc(-c2cn3cc4[nH]c5ccccc5c4cc3n2)cc1. The number of imidazole rings is 1. The molecule has 0 aliphatic rings. The smallest absolute Gasteiger partial charge is 0.138 e. The summed E-state index contributed by atoms with van der Waals surface area (Å²) in [6.07, 6.45) is 4.19. The fraction of sp³-hybridized carbons (Fsp3) is 0. The van der Waals surface area contributed by atoms with Gasteiger partial charge in [-0.1, -0.05) is 48.5 Å². The lowest BCUT2D eigenvalue weighted by molar-refractivity contribution is 1.20. The van der Waals surface area contributed by atoms with Crippen molar-refractivity contribution in [2.24, 2.45) is 0 Å². The number of fused-ring (bicyclic) bond motifs is 4. The standard InChI is InChI=1S/C19H13N3/c1-2-6-13(7-3-1)17-11-22-12-18-15(10-19(22)21-17)14-8-4-5-9-16(14)20-18/h1-12,20H. The molecule has 5 rings (SSSR count). The number of H-pyrrole nitrogens is 1. The molecule has 0 atom stereocenters. The maximum atomic E-state index is 4.77. The Morgan fingerprint density at radius 3 is 2.50 bits per heavy atom. The zero-order valence-electron chi connectivity index (χ0n) is 11.8. The maximum absolute atomic E-state index is 4.77. The van der Waals surface area contributed by atoms with Crippen LogP contribution in [0.25, 0.3) is 38.7 Å². The number of aromatic amines is 1. The summed E-state index contributed by atoms with van der Waals surface area (Å²) in [6.45, 7) is 0. The highest BCUT2D eigenvalue weighted by molar-refractivity contribution is 6.08. The van der Waals surface area contributed by atoms with E-state index in [9.17, 15) is 0 Å². The Labute approximate surface area is 126 Å². The Bertz CT molecular complexity index is 1120. The molecule has 0 spiro atoms. The van der Waals surface area contributed by atoms with Crippen molar-refractivity contribution in [3.8, 4) is 11.3 Å². The number of benzene rings is 2. The first-order valence-electron chi connectivity index (χ1n) is 7.33. The third-order valence-electron chi connectivity index (χ3n) is 4.15. The van der Waals surface area contributed by atoms with Gasteiger partial charge < -0.3 is 9.38 Å². The van der Waals surface area contributed by atoms with E-state index in [1.54, 1.807) is 0 Å². The molecule has 0 bridgehead atoms. The predicted octanol–water partition coefficient (Wildman–Crippen LogP) is 4.64. The monoisotopic (exact) mass is 283 g/mol. The molecule has 3 heteroatoms. The summed E-state index contributed by atoms with van der Waals surface area (Å²) in [5.74, 6) is 0. The van der Waals surface area contributed by atoms with E-state index in [0.29, 0.717) is 0 Å². The van der Waals surface area contributed by atoms with Gasteiger partial charge in [-0.05, 0) is 12.1 Å². The van der Waals surface area contributed by atoms with Crippen molar-refractivity contribution in [2.75, 3.05) is 0 Å². The normalized spacial score (nSPS) is 11.6. The van der Waals surface area contributed by atoms with Gasteiger partial charge in [-0.2, -0.15) is 0 Å². The fourth-order valence-electron chi connectivity index (χ4n) is 3.08. The second-order valence-corrected chi connectivity index (χ2v) is 5.53. The Hall–Kier alpha value is -3.07. The maximum Gasteiger partial charge on any atom is 0.138 e. The van der Waals surface area contributed by atoms with Gasteiger partial charge in [-0.3, -0.25) is 0 Å². The number of para-hydroxylation sites is 1. The highest BCUT2D eigenvalue weighted by atomic mass is 15.0. The summed E-state index contributed by atoms with van der Waals surface area (Å²) in [4.78, 5) is 8.24. The lowest BCUT2D eigenvalue weighted by Gasteiger charge is -1.94. The molecule has 0 radical (unpaired) electrons. The van der Waals surface area contributed by atoms with Crippen LogP contribution in [0.2, 0.25) is 0 Å². The highest BCUT2D eigenvalue weighted by Crippen LogP contribution is 2.27. The van der Waals surface area contributed by atoms with Gasteiger partial charge in [-0.15, -0.1) is 0 Å². The van der Waals surface area contributed by atoms with E-state index in [0.717, 1.165) is 27.9 Å². The molecule has 3 heterocycles. The van der Waals surface area contributed by atoms with Crippen molar-refractivity contribution < 1.29 is 0 Å². The summed E-state index contributed by atoms with van der Waals surface area (Å²) >= 11 is 0. The molecule has 22 heavy (non-hydrogen) atoms. The van der Waals surface area contributed by atoms with Crippen LogP contribution in [0.5, 0.6) is 0 Å². The van der Waals surface area contributed by atoms with Crippen LogP contribution in [0.3, 0.4) is 0 Å². The van der Waals surface area contributed by atoms with E-state index in [1.165, 1.54) is 10.8 Å². The lowest BCUT2D eigenvalue weighted by atomic mass is 10.2. The highest BCUT2D eigenvalue weighted by Gasteiger charge is 2.08. The molecule has 104 valence electrons. The van der Waals surface area contributed by atoms with Crippen LogP contribution in [-0.2, 0) is 0 Å². The van der Waals surface area contributed by atoms with Crippen LogP contribution >= 0.6 is 0 Å². The van der Waals surface area contributed by atoms with E-state index in [4.69, 9.17) is 4.98 Å². The first kappa shape index (κ1) is 11.6. The van der Waals surface area contributed by atoms with Crippen molar-refractivity contribution in [1.82, 2.24) is 14.4 Å². The van der Waals surface area contributed by atoms with Crippen molar-refractivity contribution in [3.05, 3.63) is 73.1 Å². The van der Waals surface area contributed by atoms with Crippen LogP contribution < -0.4 is 0 Å². The molecule has 3 aromatic heterocycles. The average molecular weight is 283 g/mol. The molecule has 0 saturated carbocycles. The van der Waals surface area contributed by atoms with Crippen LogP contribution in [0.15, 0.2) is 73.1 Å². The first-order valence-corrected chi connectivity index (χ1v) is 7.33. The summed E-state index contributed by atoms with van der Waals surface area (Å²) in [7, 11) is 0. The molecule has 0 fully saturated rings. The van der Waals surface area contributed by atoms with Crippen molar-refractivity contribution in [3.63, 3.8) is 0 Å². The van der Waals surface area contributed by atoms with E-state index >= 15 is 0 Å². The van der Waals surface area contributed by atoms with Crippen molar-refractivity contribution >= 4 is 27.5 Å². The van der Waals surface area contributed by atoms with Crippen LogP contribution in [0.4, 0.5) is 0 Å². The van der Waals surface area contributed by atoms with E-state index < -0.39 is 0 Å². The second-order valence-electron chi connectivity index (χ2n) is 5.53. The van der Waals surface area contributed by atoms with Gasteiger partial charge in [0.05, 0.1) is 11.2 Å². The van der Waals surface area contributed by atoms with Crippen molar-refractivity contribution in [1.29, 1.82) is 0 Å². The quantitative estimate of drug-likeness (QED) is 0.478. The molecular weight excluding hydrogens is 270 g/mol. The Kier molecular flexibility index (Phi) is 2.22. The van der Waals surface area contributed by atoms with E-state index in [1.807, 2.05) is 18.2 Å². The minimum absolute atomic E-state index is 0.969. The molecular formula is C19H13N3. The zero-order chi connectivity index (χ0) is 14.5. The molecule has 0 aliphatic heterocycles. The third kappa shape index (κ3) is 1.59. The first-order chi connectivity index (χ1) is 10.9. The van der Waals surface area contributed by atoms with Gasteiger partial charge in [0, 0.05) is 34.2 Å². The minimum Gasteiger partial charge on any atom is -0.353 e. The van der Waals surface area contributed by atoms with Crippen molar-refractivity contribution in [2.45, 2.75) is 0 Å².